The Balaban J connectivity index is 1.38. The van der Waals surface area contributed by atoms with Crippen molar-refractivity contribution in [2.24, 2.45) is 0 Å². The van der Waals surface area contributed by atoms with E-state index >= 15 is 0 Å². The first-order valence-electron chi connectivity index (χ1n) is 10.7. The predicted molar refractivity (Wildman–Crippen MR) is 138 cm³/mol. The van der Waals surface area contributed by atoms with Gasteiger partial charge in [-0.25, -0.2) is 4.98 Å². The van der Waals surface area contributed by atoms with Crippen LogP contribution < -0.4 is 14.8 Å². The minimum absolute atomic E-state index is 0.309. The van der Waals surface area contributed by atoms with Crippen LogP contribution in [-0.2, 0) is 19.6 Å². The lowest BCUT2D eigenvalue weighted by Crippen LogP contribution is -2.17. The molecule has 2 N–H and O–H groups in total. The third-order valence-corrected chi connectivity index (χ3v) is 6.24. The molecular weight excluding hydrogens is 525 g/mol. The number of imidazole rings is 1. The van der Waals surface area contributed by atoms with E-state index in [0.717, 1.165) is 45.4 Å². The van der Waals surface area contributed by atoms with Gasteiger partial charge in [-0.15, -0.1) is 0 Å². The molecule has 0 radical (unpaired) electrons. The second kappa shape index (κ2) is 11.3. The van der Waals surface area contributed by atoms with E-state index in [1.165, 1.54) is 0 Å². The van der Waals surface area contributed by atoms with Gasteiger partial charge in [0.25, 0.3) is 0 Å². The maximum Gasteiger partial charge on any atom is 0.175 e. The molecule has 1 heterocycles. The Morgan fingerprint density at radius 2 is 1.91 bits per heavy atom. The van der Waals surface area contributed by atoms with E-state index in [1.807, 2.05) is 49.4 Å². The summed E-state index contributed by atoms with van der Waals surface area (Å²) in [5.41, 5.74) is 4.00. The molecule has 0 aliphatic heterocycles. The standard InChI is InChI=1S/C25H24BrCl2N3O2/c1-2-32-23-12-16(14-29-10-9-24-30-21-5-3-4-6-22(21)31-24)11-19(26)25(23)33-15-17-7-8-18(27)13-20(17)28/h3-8,11-13,29H,2,9-10,14-15H2,1H3,(H,30,31). The third kappa shape index (κ3) is 6.21. The fraction of sp³-hybridized carbons (Fsp3) is 0.240. The lowest BCUT2D eigenvalue weighted by molar-refractivity contribution is 0.267. The molecule has 1 aromatic heterocycles. The van der Waals surface area contributed by atoms with E-state index in [0.29, 0.717) is 41.3 Å². The number of aromatic amines is 1. The van der Waals surface area contributed by atoms with E-state index in [1.54, 1.807) is 12.1 Å². The van der Waals surface area contributed by atoms with Gasteiger partial charge in [0.15, 0.2) is 11.5 Å². The molecule has 5 nitrogen and oxygen atoms in total. The summed E-state index contributed by atoms with van der Waals surface area (Å²) in [5, 5.41) is 4.64. The van der Waals surface area contributed by atoms with Crippen LogP contribution in [0.2, 0.25) is 10.0 Å². The smallest absolute Gasteiger partial charge is 0.175 e. The molecule has 0 saturated heterocycles. The van der Waals surface area contributed by atoms with Crippen molar-refractivity contribution in [2.75, 3.05) is 13.2 Å². The second-order valence-electron chi connectivity index (χ2n) is 7.49. The highest BCUT2D eigenvalue weighted by Crippen LogP contribution is 2.38. The number of hydrogen-bond acceptors (Lipinski definition) is 4. The van der Waals surface area contributed by atoms with E-state index in [-0.39, 0.29) is 0 Å². The van der Waals surface area contributed by atoms with Gasteiger partial charge in [0.1, 0.15) is 12.4 Å². The molecule has 0 aliphatic rings. The molecule has 0 saturated carbocycles. The molecule has 8 heteroatoms. The van der Waals surface area contributed by atoms with E-state index in [9.17, 15) is 0 Å². The third-order valence-electron chi connectivity index (χ3n) is 5.06. The van der Waals surface area contributed by atoms with Crippen LogP contribution in [0.25, 0.3) is 11.0 Å². The van der Waals surface area contributed by atoms with Crippen molar-refractivity contribution in [3.63, 3.8) is 0 Å². The Kier molecular flexibility index (Phi) is 8.15. The van der Waals surface area contributed by atoms with Gasteiger partial charge in [0.2, 0.25) is 0 Å². The van der Waals surface area contributed by atoms with Gasteiger partial charge >= 0.3 is 0 Å². The highest BCUT2D eigenvalue weighted by Gasteiger charge is 2.14. The van der Waals surface area contributed by atoms with Crippen molar-refractivity contribution in [2.45, 2.75) is 26.5 Å². The molecule has 0 fully saturated rings. The quantitative estimate of drug-likeness (QED) is 0.211. The van der Waals surface area contributed by atoms with Gasteiger partial charge < -0.3 is 19.8 Å². The van der Waals surface area contributed by atoms with Crippen LogP contribution in [0.3, 0.4) is 0 Å². The molecule has 3 aromatic carbocycles. The topological polar surface area (TPSA) is 59.2 Å². The molecule has 0 spiro atoms. The van der Waals surface area contributed by atoms with Crippen molar-refractivity contribution >= 4 is 50.2 Å². The number of aromatic nitrogens is 2. The number of H-pyrrole nitrogens is 1. The lowest BCUT2D eigenvalue weighted by Gasteiger charge is -2.16. The summed E-state index contributed by atoms with van der Waals surface area (Å²) in [6, 6.07) is 17.5. The van der Waals surface area contributed by atoms with Gasteiger partial charge in [-0.05, 0) is 64.8 Å². The monoisotopic (exact) mass is 547 g/mol. The van der Waals surface area contributed by atoms with Gasteiger partial charge in [-0.3, -0.25) is 0 Å². The molecule has 172 valence electrons. The Morgan fingerprint density at radius 3 is 2.70 bits per heavy atom. The van der Waals surface area contributed by atoms with Crippen LogP contribution in [0, 0.1) is 0 Å². The molecule has 0 aliphatic carbocycles. The number of ether oxygens (including phenoxy) is 2. The summed E-state index contributed by atoms with van der Waals surface area (Å²) in [6.07, 6.45) is 0.817. The zero-order chi connectivity index (χ0) is 23.2. The van der Waals surface area contributed by atoms with Crippen molar-refractivity contribution in [1.82, 2.24) is 15.3 Å². The minimum Gasteiger partial charge on any atom is -0.490 e. The molecule has 33 heavy (non-hydrogen) atoms. The number of para-hydroxylation sites is 2. The number of fused-ring (bicyclic) bond motifs is 1. The van der Waals surface area contributed by atoms with Gasteiger partial charge in [-0.2, -0.15) is 0 Å². The second-order valence-corrected chi connectivity index (χ2v) is 9.19. The number of rotatable bonds is 10. The zero-order valence-electron chi connectivity index (χ0n) is 18.1. The summed E-state index contributed by atoms with van der Waals surface area (Å²) in [7, 11) is 0. The fourth-order valence-electron chi connectivity index (χ4n) is 3.48. The molecule has 0 unspecified atom stereocenters. The van der Waals surface area contributed by atoms with E-state index < -0.39 is 0 Å². The zero-order valence-corrected chi connectivity index (χ0v) is 21.2. The summed E-state index contributed by atoms with van der Waals surface area (Å²) >= 11 is 15.9. The molecule has 4 rings (SSSR count). The highest BCUT2D eigenvalue weighted by molar-refractivity contribution is 9.10. The SMILES string of the molecule is CCOc1cc(CNCCc2nc3ccccc3[nH]2)cc(Br)c1OCc1ccc(Cl)cc1Cl. The first kappa shape index (κ1) is 23.9. The minimum atomic E-state index is 0.309. The Morgan fingerprint density at radius 1 is 1.06 bits per heavy atom. The Labute approximate surface area is 211 Å². The van der Waals surface area contributed by atoms with Crippen molar-refractivity contribution < 1.29 is 9.47 Å². The number of hydrogen-bond donors (Lipinski definition) is 2. The van der Waals surface area contributed by atoms with Crippen LogP contribution >= 0.6 is 39.1 Å². The van der Waals surface area contributed by atoms with Crippen LogP contribution in [0.5, 0.6) is 11.5 Å². The Hall–Kier alpha value is -2.25. The van der Waals surface area contributed by atoms with Crippen LogP contribution in [-0.4, -0.2) is 23.1 Å². The number of halogens is 3. The summed E-state index contributed by atoms with van der Waals surface area (Å²) in [4.78, 5) is 7.98. The van der Waals surface area contributed by atoms with E-state index in [4.69, 9.17) is 32.7 Å². The molecule has 0 bridgehead atoms. The first-order chi connectivity index (χ1) is 16.0. The molecule has 4 aromatic rings. The van der Waals surface area contributed by atoms with Gasteiger partial charge in [0.05, 0.1) is 22.1 Å². The highest BCUT2D eigenvalue weighted by atomic mass is 79.9. The van der Waals surface area contributed by atoms with E-state index in [2.05, 4.69) is 31.2 Å². The van der Waals surface area contributed by atoms with Crippen molar-refractivity contribution in [1.29, 1.82) is 0 Å². The van der Waals surface area contributed by atoms with Crippen LogP contribution in [0.1, 0.15) is 23.9 Å². The molecule has 0 atom stereocenters. The Bertz CT molecular complexity index is 1210. The maximum atomic E-state index is 6.28. The predicted octanol–water partition coefficient (Wildman–Crippen LogP) is 6.94. The first-order valence-corrected chi connectivity index (χ1v) is 12.2. The summed E-state index contributed by atoms with van der Waals surface area (Å²) in [6.45, 7) is 4.29. The lowest BCUT2D eigenvalue weighted by atomic mass is 10.2. The summed E-state index contributed by atoms with van der Waals surface area (Å²) in [5.74, 6) is 2.31. The number of nitrogens with one attached hydrogen (secondary N) is 2. The van der Waals surface area contributed by atoms with Crippen LogP contribution in [0.4, 0.5) is 0 Å². The average molecular weight is 549 g/mol. The fourth-order valence-corrected chi connectivity index (χ4v) is 4.55. The van der Waals surface area contributed by atoms with Crippen LogP contribution in [0.15, 0.2) is 59.1 Å². The van der Waals surface area contributed by atoms with Crippen molar-refractivity contribution in [3.8, 4) is 11.5 Å². The van der Waals surface area contributed by atoms with Gasteiger partial charge in [0, 0.05) is 35.1 Å². The number of nitrogens with zero attached hydrogens (tertiary/aromatic N) is 1. The number of benzene rings is 3. The largest absolute Gasteiger partial charge is 0.490 e. The van der Waals surface area contributed by atoms with Crippen molar-refractivity contribution in [3.05, 3.63) is 86.1 Å². The summed E-state index contributed by atoms with van der Waals surface area (Å²) < 4.78 is 12.7. The molecule has 0 amide bonds. The van der Waals surface area contributed by atoms with Gasteiger partial charge in [-0.1, -0.05) is 41.4 Å². The normalized spacial score (nSPS) is 11.2. The molecular formula is C25H24BrCl2N3O2. The maximum absolute atomic E-state index is 6.28. The average Bonchev–Trinajstić information content (AvgIpc) is 3.20.